The molecule has 0 aliphatic rings. The maximum Gasteiger partial charge on any atom is 0.269 e. The van der Waals surface area contributed by atoms with Crippen LogP contribution < -0.4 is 10.2 Å². The van der Waals surface area contributed by atoms with Crippen LogP contribution in [0.4, 0.5) is 5.69 Å². The van der Waals surface area contributed by atoms with E-state index >= 15 is 0 Å². The van der Waals surface area contributed by atoms with Gasteiger partial charge < -0.3 is 10.2 Å². The van der Waals surface area contributed by atoms with E-state index in [2.05, 4.69) is 34.4 Å². The Hall–Kier alpha value is -3.08. The van der Waals surface area contributed by atoms with Gasteiger partial charge >= 0.3 is 0 Å². The van der Waals surface area contributed by atoms with Gasteiger partial charge in [0.25, 0.3) is 5.91 Å². The van der Waals surface area contributed by atoms with Gasteiger partial charge in [0, 0.05) is 31.5 Å². The fraction of sp³-hybridized carbons (Fsp3) is 0.200. The van der Waals surface area contributed by atoms with Crippen molar-refractivity contribution in [1.29, 1.82) is 0 Å². The Morgan fingerprint density at radius 2 is 1.76 bits per heavy atom. The van der Waals surface area contributed by atoms with E-state index in [4.69, 9.17) is 0 Å². The lowest BCUT2D eigenvalue weighted by Gasteiger charge is -2.19. The molecule has 0 atom stereocenters. The third-order valence-corrected chi connectivity index (χ3v) is 4.06. The first-order valence-electron chi connectivity index (χ1n) is 8.38. The summed E-state index contributed by atoms with van der Waals surface area (Å²) in [6.45, 7) is 1.50. The van der Waals surface area contributed by atoms with Gasteiger partial charge in [-0.25, -0.2) is 4.98 Å². The molecule has 0 spiro atoms. The maximum absolute atomic E-state index is 12.4. The van der Waals surface area contributed by atoms with Crippen LogP contribution in [0.1, 0.15) is 16.9 Å². The normalized spacial score (nSPS) is 10.4. The molecule has 0 aliphatic heterocycles. The fourth-order valence-electron chi connectivity index (χ4n) is 2.68. The van der Waals surface area contributed by atoms with Gasteiger partial charge in [-0.1, -0.05) is 36.4 Å². The number of imidazole rings is 1. The van der Waals surface area contributed by atoms with Crippen LogP contribution in [0.2, 0.25) is 0 Å². The Bertz CT molecular complexity index is 799. The number of amides is 1. The van der Waals surface area contributed by atoms with Crippen molar-refractivity contribution in [3.63, 3.8) is 0 Å². The van der Waals surface area contributed by atoms with Crippen LogP contribution in [0, 0.1) is 0 Å². The number of anilines is 1. The lowest BCUT2D eigenvalue weighted by atomic mass is 10.3. The second-order valence-corrected chi connectivity index (χ2v) is 5.85. The van der Waals surface area contributed by atoms with Crippen molar-refractivity contribution in [2.75, 3.05) is 25.0 Å². The number of benzene rings is 2. The molecular formula is C20H22N4O. The zero-order valence-corrected chi connectivity index (χ0v) is 14.3. The molecule has 128 valence electrons. The predicted octanol–water partition coefficient (Wildman–Crippen LogP) is 3.13. The number of hydrogen-bond donors (Lipinski definition) is 1. The van der Waals surface area contributed by atoms with E-state index in [1.807, 2.05) is 48.5 Å². The number of aromatic nitrogens is 2. The minimum absolute atomic E-state index is 0.108. The molecule has 5 heteroatoms. The molecule has 0 unspecified atom stereocenters. The van der Waals surface area contributed by atoms with Crippen LogP contribution >= 0.6 is 0 Å². The van der Waals surface area contributed by atoms with E-state index in [0.717, 1.165) is 18.7 Å². The van der Waals surface area contributed by atoms with Crippen LogP contribution in [0.3, 0.4) is 0 Å². The monoisotopic (exact) mass is 334 g/mol. The van der Waals surface area contributed by atoms with Gasteiger partial charge in [0.2, 0.25) is 0 Å². The van der Waals surface area contributed by atoms with Gasteiger partial charge in [-0.05, 0) is 30.7 Å². The summed E-state index contributed by atoms with van der Waals surface area (Å²) < 4.78 is 1.80. The van der Waals surface area contributed by atoms with E-state index in [1.165, 1.54) is 5.69 Å². The van der Waals surface area contributed by atoms with E-state index in [-0.39, 0.29) is 5.91 Å². The molecule has 1 N–H and O–H groups in total. The summed E-state index contributed by atoms with van der Waals surface area (Å²) in [5.41, 5.74) is 2.65. The van der Waals surface area contributed by atoms with E-state index < -0.39 is 0 Å². The summed E-state index contributed by atoms with van der Waals surface area (Å²) in [7, 11) is 2.06. The quantitative estimate of drug-likeness (QED) is 0.675. The standard InChI is InChI=1S/C20H22N4O/c1-23(17-9-4-2-5-10-17)14-8-13-22-20(25)19-15-21-16-24(19)18-11-6-3-7-12-18/h2-7,9-12,15-16H,8,13-14H2,1H3,(H,22,25). The summed E-state index contributed by atoms with van der Waals surface area (Å²) in [6, 6.07) is 20.0. The van der Waals surface area contributed by atoms with Crippen molar-refractivity contribution in [3.05, 3.63) is 78.9 Å². The highest BCUT2D eigenvalue weighted by Crippen LogP contribution is 2.12. The van der Waals surface area contributed by atoms with E-state index in [0.29, 0.717) is 12.2 Å². The molecule has 0 radical (unpaired) electrons. The van der Waals surface area contributed by atoms with Gasteiger partial charge in [-0.3, -0.25) is 9.36 Å². The Kier molecular flexibility index (Phi) is 5.46. The average Bonchev–Trinajstić information content (AvgIpc) is 3.16. The minimum atomic E-state index is -0.108. The number of nitrogens with one attached hydrogen (secondary N) is 1. The number of carbonyl (C=O) groups excluding carboxylic acids is 1. The van der Waals surface area contributed by atoms with Crippen molar-refractivity contribution in [1.82, 2.24) is 14.9 Å². The van der Waals surface area contributed by atoms with Crippen LogP contribution in [0.5, 0.6) is 0 Å². The molecule has 0 aliphatic carbocycles. The topological polar surface area (TPSA) is 50.2 Å². The number of rotatable bonds is 7. The molecule has 1 aromatic heterocycles. The molecule has 0 fully saturated rings. The predicted molar refractivity (Wildman–Crippen MR) is 100 cm³/mol. The largest absolute Gasteiger partial charge is 0.375 e. The summed E-state index contributed by atoms with van der Waals surface area (Å²) in [4.78, 5) is 18.7. The number of hydrogen-bond acceptors (Lipinski definition) is 3. The first-order chi connectivity index (χ1) is 12.3. The molecule has 0 saturated carbocycles. The van der Waals surface area contributed by atoms with Crippen LogP contribution in [-0.4, -0.2) is 35.6 Å². The molecule has 3 rings (SSSR count). The number of nitrogens with zero attached hydrogens (tertiary/aromatic N) is 3. The highest BCUT2D eigenvalue weighted by molar-refractivity contribution is 5.92. The second-order valence-electron chi connectivity index (χ2n) is 5.85. The number of carbonyl (C=O) groups is 1. The summed E-state index contributed by atoms with van der Waals surface area (Å²) in [5, 5.41) is 2.98. The van der Waals surface area contributed by atoms with Crippen LogP contribution in [-0.2, 0) is 0 Å². The third kappa shape index (κ3) is 4.26. The molecule has 1 amide bonds. The molecular weight excluding hydrogens is 312 g/mol. The summed E-state index contributed by atoms with van der Waals surface area (Å²) >= 11 is 0. The molecule has 3 aromatic rings. The molecule has 25 heavy (non-hydrogen) atoms. The Morgan fingerprint density at radius 1 is 1.08 bits per heavy atom. The van der Waals surface area contributed by atoms with E-state index in [9.17, 15) is 4.79 Å². The van der Waals surface area contributed by atoms with Crippen molar-refractivity contribution in [2.45, 2.75) is 6.42 Å². The molecule has 0 saturated heterocycles. The first kappa shape index (κ1) is 16.8. The summed E-state index contributed by atoms with van der Waals surface area (Å²) in [5.74, 6) is -0.108. The van der Waals surface area contributed by atoms with Crippen LogP contribution in [0.15, 0.2) is 73.2 Å². The van der Waals surface area contributed by atoms with Crippen molar-refractivity contribution >= 4 is 11.6 Å². The Morgan fingerprint density at radius 3 is 2.48 bits per heavy atom. The van der Waals surface area contributed by atoms with Gasteiger partial charge in [-0.2, -0.15) is 0 Å². The van der Waals surface area contributed by atoms with E-state index in [1.54, 1.807) is 17.1 Å². The first-order valence-corrected chi connectivity index (χ1v) is 8.38. The zero-order chi connectivity index (χ0) is 17.5. The molecule has 5 nitrogen and oxygen atoms in total. The smallest absolute Gasteiger partial charge is 0.269 e. The number of para-hydroxylation sites is 2. The van der Waals surface area contributed by atoms with Crippen LogP contribution in [0.25, 0.3) is 5.69 Å². The SMILES string of the molecule is CN(CCCNC(=O)c1cncn1-c1ccccc1)c1ccccc1. The average molecular weight is 334 g/mol. The van der Waals surface area contributed by atoms with Gasteiger partial charge in [0.15, 0.2) is 0 Å². The van der Waals surface area contributed by atoms with Crippen molar-refractivity contribution in [2.24, 2.45) is 0 Å². The van der Waals surface area contributed by atoms with Gasteiger partial charge in [0.1, 0.15) is 5.69 Å². The van der Waals surface area contributed by atoms with Crippen molar-refractivity contribution in [3.8, 4) is 5.69 Å². The minimum Gasteiger partial charge on any atom is -0.375 e. The summed E-state index contributed by atoms with van der Waals surface area (Å²) in [6.07, 6.45) is 4.13. The highest BCUT2D eigenvalue weighted by atomic mass is 16.1. The lowest BCUT2D eigenvalue weighted by molar-refractivity contribution is 0.0946. The van der Waals surface area contributed by atoms with Gasteiger partial charge in [-0.15, -0.1) is 0 Å². The third-order valence-electron chi connectivity index (χ3n) is 4.06. The fourth-order valence-corrected chi connectivity index (χ4v) is 2.68. The van der Waals surface area contributed by atoms with Crippen molar-refractivity contribution < 1.29 is 4.79 Å². The maximum atomic E-state index is 12.4. The molecule has 1 heterocycles. The Labute approximate surface area is 147 Å². The molecule has 2 aromatic carbocycles. The lowest BCUT2D eigenvalue weighted by Crippen LogP contribution is -2.29. The molecule has 0 bridgehead atoms. The second kappa shape index (κ2) is 8.15. The Balaban J connectivity index is 1.52. The highest BCUT2D eigenvalue weighted by Gasteiger charge is 2.12. The van der Waals surface area contributed by atoms with Gasteiger partial charge in [0.05, 0.1) is 12.5 Å². The zero-order valence-electron chi connectivity index (χ0n) is 14.3.